The Labute approximate surface area is 127 Å². The van der Waals surface area contributed by atoms with E-state index in [1.54, 1.807) is 11.3 Å². The highest BCUT2D eigenvalue weighted by Crippen LogP contribution is 2.32. The van der Waals surface area contributed by atoms with Gasteiger partial charge in [0, 0.05) is 23.4 Å². The maximum atomic E-state index is 12.4. The largest absolute Gasteiger partial charge is 0.293 e. The smallest absolute Gasteiger partial charge is 0.178 e. The van der Waals surface area contributed by atoms with E-state index in [0.717, 1.165) is 34.9 Å². The summed E-state index contributed by atoms with van der Waals surface area (Å²) in [6.45, 7) is 2.08. The predicted octanol–water partition coefficient (Wildman–Crippen LogP) is 3.26. The fraction of sp³-hybridized carbons (Fsp3) is 0.467. The molecule has 0 saturated carbocycles. The number of carbonyl (C=O) groups excluding carboxylic acids is 1. The fourth-order valence-electron chi connectivity index (χ4n) is 2.45. The van der Waals surface area contributed by atoms with Gasteiger partial charge in [0.25, 0.3) is 0 Å². The molecule has 0 spiro atoms. The topological polar surface area (TPSA) is 34.9 Å². The molecule has 0 fully saturated rings. The summed E-state index contributed by atoms with van der Waals surface area (Å²) < 4.78 is 1.83. The number of fused-ring (bicyclic) bond motifs is 1. The Morgan fingerprint density at radius 2 is 2.30 bits per heavy atom. The standard InChI is InChI=1S/C15H18N2OS2/c1-3-11-7-12(17(2)16-11)8-13(18)15-6-10-9-19-5-4-14(10)20-15/h6-7H,3-5,8-9H2,1-2H3. The van der Waals surface area contributed by atoms with Crippen LogP contribution in [0.3, 0.4) is 0 Å². The van der Waals surface area contributed by atoms with E-state index in [0.29, 0.717) is 6.42 Å². The van der Waals surface area contributed by atoms with E-state index < -0.39 is 0 Å². The van der Waals surface area contributed by atoms with Crippen molar-refractivity contribution in [3.05, 3.63) is 38.8 Å². The van der Waals surface area contributed by atoms with Gasteiger partial charge in [-0.05, 0) is 36.3 Å². The number of nitrogens with zero attached hydrogens (tertiary/aromatic N) is 2. The molecular formula is C15H18N2OS2. The van der Waals surface area contributed by atoms with Crippen molar-refractivity contribution in [3.8, 4) is 0 Å². The van der Waals surface area contributed by atoms with Crippen molar-refractivity contribution in [2.45, 2.75) is 31.9 Å². The van der Waals surface area contributed by atoms with E-state index >= 15 is 0 Å². The maximum Gasteiger partial charge on any atom is 0.178 e. The van der Waals surface area contributed by atoms with E-state index in [1.807, 2.05) is 29.6 Å². The first-order valence-electron chi connectivity index (χ1n) is 6.91. The van der Waals surface area contributed by atoms with E-state index in [4.69, 9.17) is 0 Å². The summed E-state index contributed by atoms with van der Waals surface area (Å²) in [4.78, 5) is 14.8. The lowest BCUT2D eigenvalue weighted by Crippen LogP contribution is -2.06. The average Bonchev–Trinajstić information content (AvgIpc) is 3.02. The first-order chi connectivity index (χ1) is 9.67. The number of ketones is 1. The van der Waals surface area contributed by atoms with Crippen molar-refractivity contribution in [1.29, 1.82) is 0 Å². The van der Waals surface area contributed by atoms with Crippen molar-refractivity contribution >= 4 is 28.9 Å². The van der Waals surface area contributed by atoms with Crippen LogP contribution in [0.15, 0.2) is 12.1 Å². The Balaban J connectivity index is 1.78. The molecular weight excluding hydrogens is 288 g/mol. The van der Waals surface area contributed by atoms with Crippen LogP contribution in [-0.2, 0) is 32.1 Å². The Morgan fingerprint density at radius 1 is 1.45 bits per heavy atom. The zero-order valence-electron chi connectivity index (χ0n) is 11.8. The summed E-state index contributed by atoms with van der Waals surface area (Å²) in [5.41, 5.74) is 3.43. The predicted molar refractivity (Wildman–Crippen MR) is 84.8 cm³/mol. The summed E-state index contributed by atoms with van der Waals surface area (Å²) >= 11 is 3.65. The van der Waals surface area contributed by atoms with Crippen molar-refractivity contribution in [2.24, 2.45) is 7.05 Å². The van der Waals surface area contributed by atoms with Crippen molar-refractivity contribution in [3.63, 3.8) is 0 Å². The molecule has 1 aliphatic rings. The molecule has 0 N–H and O–H groups in total. The summed E-state index contributed by atoms with van der Waals surface area (Å²) in [5, 5.41) is 4.41. The van der Waals surface area contributed by atoms with E-state index in [-0.39, 0.29) is 5.78 Å². The summed E-state index contributed by atoms with van der Waals surface area (Å²) in [6, 6.07) is 4.15. The van der Waals surface area contributed by atoms with E-state index in [9.17, 15) is 4.79 Å². The number of carbonyl (C=O) groups is 1. The van der Waals surface area contributed by atoms with Gasteiger partial charge in [0.05, 0.1) is 17.0 Å². The Morgan fingerprint density at radius 3 is 3.00 bits per heavy atom. The quantitative estimate of drug-likeness (QED) is 0.813. The van der Waals surface area contributed by atoms with Crippen LogP contribution in [0.25, 0.3) is 0 Å². The molecule has 1 aliphatic heterocycles. The number of Topliss-reactive ketones (excluding diaryl/α,β-unsaturated/α-hetero) is 1. The highest BCUT2D eigenvalue weighted by molar-refractivity contribution is 7.98. The van der Waals surface area contributed by atoms with Crippen LogP contribution in [0.2, 0.25) is 0 Å². The second-order valence-electron chi connectivity index (χ2n) is 5.07. The van der Waals surface area contributed by atoms with Gasteiger partial charge >= 0.3 is 0 Å². The minimum Gasteiger partial charge on any atom is -0.293 e. The molecule has 5 heteroatoms. The van der Waals surface area contributed by atoms with Crippen molar-refractivity contribution < 1.29 is 4.79 Å². The zero-order chi connectivity index (χ0) is 14.1. The van der Waals surface area contributed by atoms with Gasteiger partial charge in [0.2, 0.25) is 0 Å². The van der Waals surface area contributed by atoms with Gasteiger partial charge in [0.15, 0.2) is 5.78 Å². The van der Waals surface area contributed by atoms with Gasteiger partial charge < -0.3 is 0 Å². The van der Waals surface area contributed by atoms with Crippen LogP contribution in [0, 0.1) is 0 Å². The number of rotatable bonds is 4. The minimum absolute atomic E-state index is 0.222. The molecule has 3 nitrogen and oxygen atoms in total. The van der Waals surface area contributed by atoms with Gasteiger partial charge in [-0.3, -0.25) is 9.48 Å². The SMILES string of the molecule is CCc1cc(CC(=O)c2cc3c(s2)CCSC3)n(C)n1. The second-order valence-corrected chi connectivity index (χ2v) is 7.31. The third-order valence-corrected chi connectivity index (χ3v) is 5.92. The average molecular weight is 306 g/mol. The number of aryl methyl sites for hydroxylation is 3. The first kappa shape index (κ1) is 13.9. The molecule has 0 saturated heterocycles. The molecule has 20 heavy (non-hydrogen) atoms. The Bertz CT molecular complexity index is 619. The number of aromatic nitrogens is 2. The van der Waals surface area contributed by atoms with Gasteiger partial charge in [-0.1, -0.05) is 6.92 Å². The Kier molecular flexibility index (Phi) is 3.98. The summed E-state index contributed by atoms with van der Waals surface area (Å²) in [7, 11) is 1.91. The van der Waals surface area contributed by atoms with Crippen LogP contribution < -0.4 is 0 Å². The lowest BCUT2D eigenvalue weighted by atomic mass is 10.1. The van der Waals surface area contributed by atoms with E-state index in [2.05, 4.69) is 18.1 Å². The lowest BCUT2D eigenvalue weighted by Gasteiger charge is -2.08. The summed E-state index contributed by atoms with van der Waals surface area (Å²) in [6.07, 6.45) is 2.48. The molecule has 0 unspecified atom stereocenters. The molecule has 0 radical (unpaired) electrons. The monoisotopic (exact) mass is 306 g/mol. The van der Waals surface area contributed by atoms with Gasteiger partial charge in [-0.2, -0.15) is 16.9 Å². The van der Waals surface area contributed by atoms with Gasteiger partial charge in [0.1, 0.15) is 0 Å². The van der Waals surface area contributed by atoms with Crippen LogP contribution in [0.1, 0.15) is 38.4 Å². The number of thiophene rings is 1. The second kappa shape index (κ2) is 5.74. The molecule has 0 aliphatic carbocycles. The molecule has 0 bridgehead atoms. The van der Waals surface area contributed by atoms with Crippen LogP contribution >= 0.6 is 23.1 Å². The normalized spacial score (nSPS) is 14.3. The zero-order valence-corrected chi connectivity index (χ0v) is 13.4. The molecule has 0 aromatic carbocycles. The molecule has 2 aromatic rings. The minimum atomic E-state index is 0.222. The molecule has 106 valence electrons. The molecule has 3 rings (SSSR count). The van der Waals surface area contributed by atoms with Gasteiger partial charge in [-0.15, -0.1) is 11.3 Å². The molecule has 2 aromatic heterocycles. The highest BCUT2D eigenvalue weighted by Gasteiger charge is 2.18. The molecule has 0 amide bonds. The highest BCUT2D eigenvalue weighted by atomic mass is 32.2. The molecule has 3 heterocycles. The maximum absolute atomic E-state index is 12.4. The van der Waals surface area contributed by atoms with Crippen molar-refractivity contribution in [2.75, 3.05) is 5.75 Å². The Hall–Kier alpha value is -1.07. The summed E-state index contributed by atoms with van der Waals surface area (Å²) in [5.74, 6) is 2.47. The number of hydrogen-bond acceptors (Lipinski definition) is 4. The fourth-order valence-corrected chi connectivity index (χ4v) is 4.76. The first-order valence-corrected chi connectivity index (χ1v) is 8.88. The van der Waals surface area contributed by atoms with Gasteiger partial charge in [-0.25, -0.2) is 0 Å². The van der Waals surface area contributed by atoms with E-state index in [1.165, 1.54) is 16.2 Å². The lowest BCUT2D eigenvalue weighted by molar-refractivity contribution is 0.0994. The molecule has 0 atom stereocenters. The number of thioether (sulfide) groups is 1. The third-order valence-electron chi connectivity index (χ3n) is 3.63. The van der Waals surface area contributed by atoms with Crippen LogP contribution in [0.5, 0.6) is 0 Å². The van der Waals surface area contributed by atoms with Crippen LogP contribution in [0.4, 0.5) is 0 Å². The third kappa shape index (κ3) is 2.69. The van der Waals surface area contributed by atoms with Crippen molar-refractivity contribution in [1.82, 2.24) is 9.78 Å². The number of hydrogen-bond donors (Lipinski definition) is 0. The van der Waals surface area contributed by atoms with Crippen LogP contribution in [-0.4, -0.2) is 21.3 Å².